The smallest absolute Gasteiger partial charge is 0.0921 e. The Morgan fingerprint density at radius 1 is 1.24 bits per heavy atom. The molecular weight excluding hydrogens is 278 g/mol. The lowest BCUT2D eigenvalue weighted by Gasteiger charge is -2.18. The zero-order valence-corrected chi connectivity index (χ0v) is 13.4. The van der Waals surface area contributed by atoms with E-state index in [9.17, 15) is 0 Å². The highest BCUT2D eigenvalue weighted by molar-refractivity contribution is 7.09. The van der Waals surface area contributed by atoms with Crippen molar-refractivity contribution < 1.29 is 0 Å². The Hall–Kier alpha value is -1.94. The molecular formula is C17H19N3S. The van der Waals surface area contributed by atoms with Crippen LogP contribution in [0.5, 0.6) is 0 Å². The zero-order chi connectivity index (χ0) is 14.8. The van der Waals surface area contributed by atoms with Crippen LogP contribution in [0, 0.1) is 20.8 Å². The first-order valence-electron chi connectivity index (χ1n) is 7.10. The quantitative estimate of drug-likeness (QED) is 0.785. The number of nitrogens with zero attached hydrogens (tertiary/aromatic N) is 2. The van der Waals surface area contributed by atoms with E-state index in [4.69, 9.17) is 0 Å². The average molecular weight is 297 g/mol. The summed E-state index contributed by atoms with van der Waals surface area (Å²) in [7, 11) is 0. The maximum atomic E-state index is 4.62. The second kappa shape index (κ2) is 5.82. The predicted molar refractivity (Wildman–Crippen MR) is 86.9 cm³/mol. The molecule has 0 spiro atoms. The Kier molecular flexibility index (Phi) is 3.88. The van der Waals surface area contributed by atoms with Crippen molar-refractivity contribution in [1.82, 2.24) is 15.0 Å². The topological polar surface area (TPSA) is 41.6 Å². The summed E-state index contributed by atoms with van der Waals surface area (Å²) in [5.74, 6) is 0.272. The van der Waals surface area contributed by atoms with E-state index >= 15 is 0 Å². The highest BCUT2D eigenvalue weighted by Gasteiger charge is 2.20. The number of rotatable bonds is 4. The largest absolute Gasteiger partial charge is 0.348 e. The van der Waals surface area contributed by atoms with Crippen LogP contribution in [0.4, 0.5) is 0 Å². The van der Waals surface area contributed by atoms with Crippen molar-refractivity contribution in [3.8, 4) is 0 Å². The summed E-state index contributed by atoms with van der Waals surface area (Å²) in [6, 6.07) is 6.51. The Morgan fingerprint density at radius 3 is 2.76 bits per heavy atom. The summed E-state index contributed by atoms with van der Waals surface area (Å²) < 4.78 is 0. The molecule has 0 fully saturated rings. The molecule has 0 saturated heterocycles. The molecule has 108 valence electrons. The van der Waals surface area contributed by atoms with Gasteiger partial charge >= 0.3 is 0 Å². The molecule has 0 aliphatic heterocycles. The monoisotopic (exact) mass is 297 g/mol. The van der Waals surface area contributed by atoms with Crippen molar-refractivity contribution in [3.05, 3.63) is 69.2 Å². The first kappa shape index (κ1) is 14.0. The normalized spacial score (nSPS) is 12.5. The lowest BCUT2D eigenvalue weighted by Crippen LogP contribution is -2.08. The van der Waals surface area contributed by atoms with Gasteiger partial charge in [0.05, 0.1) is 17.0 Å². The summed E-state index contributed by atoms with van der Waals surface area (Å²) >= 11 is 1.71. The van der Waals surface area contributed by atoms with E-state index in [0.717, 1.165) is 22.8 Å². The fourth-order valence-corrected chi connectivity index (χ4v) is 3.33. The van der Waals surface area contributed by atoms with Gasteiger partial charge in [-0.3, -0.25) is 0 Å². The standard InChI is InChI=1S/C17H19N3S/c1-11-5-4-6-15(12(11)2)16(17-8-18-10-19-17)7-14-9-21-13(3)20-14/h4-6,8-10,16H,7H2,1-3H3,(H,18,19)/t16-/m0/s1. The summed E-state index contributed by atoms with van der Waals surface area (Å²) in [5, 5.41) is 3.28. The molecule has 0 aliphatic carbocycles. The fraction of sp³-hybridized carbons (Fsp3) is 0.294. The summed E-state index contributed by atoms with van der Waals surface area (Å²) in [6.45, 7) is 6.41. The number of H-pyrrole nitrogens is 1. The SMILES string of the molecule is Cc1nc(C[C@H](c2cnc[nH]2)c2cccc(C)c2C)cs1. The number of aromatic nitrogens is 3. The second-order valence-electron chi connectivity index (χ2n) is 5.41. The molecule has 0 amide bonds. The van der Waals surface area contributed by atoms with E-state index in [1.165, 1.54) is 16.7 Å². The number of benzene rings is 1. The number of nitrogens with one attached hydrogen (secondary N) is 1. The third kappa shape index (κ3) is 2.90. The molecule has 0 unspecified atom stereocenters. The van der Waals surface area contributed by atoms with Crippen molar-refractivity contribution in [2.24, 2.45) is 0 Å². The molecule has 2 heterocycles. The van der Waals surface area contributed by atoms with E-state index in [1.54, 1.807) is 17.7 Å². The van der Waals surface area contributed by atoms with E-state index in [2.05, 4.69) is 59.3 Å². The lowest BCUT2D eigenvalue weighted by atomic mass is 9.87. The van der Waals surface area contributed by atoms with Gasteiger partial charge in [0.25, 0.3) is 0 Å². The third-order valence-corrected chi connectivity index (χ3v) is 4.82. The number of thiazole rings is 1. The van der Waals surface area contributed by atoms with Crippen LogP contribution in [-0.4, -0.2) is 15.0 Å². The number of aromatic amines is 1. The predicted octanol–water partition coefficient (Wildman–Crippen LogP) is 4.17. The molecule has 0 bridgehead atoms. The average Bonchev–Trinajstić information content (AvgIpc) is 3.11. The molecule has 4 heteroatoms. The van der Waals surface area contributed by atoms with Crippen molar-refractivity contribution in [2.75, 3.05) is 0 Å². The van der Waals surface area contributed by atoms with Crippen molar-refractivity contribution in [3.63, 3.8) is 0 Å². The van der Waals surface area contributed by atoms with Crippen molar-refractivity contribution >= 4 is 11.3 Å². The first-order valence-corrected chi connectivity index (χ1v) is 7.98. The summed E-state index contributed by atoms with van der Waals surface area (Å²) in [5.41, 5.74) is 6.33. The molecule has 3 aromatic rings. The van der Waals surface area contributed by atoms with Gasteiger partial charge in [-0.2, -0.15) is 0 Å². The minimum atomic E-state index is 0.272. The fourth-order valence-electron chi connectivity index (χ4n) is 2.71. The van der Waals surface area contributed by atoms with Crippen molar-refractivity contribution in [2.45, 2.75) is 33.1 Å². The number of hydrogen-bond donors (Lipinski definition) is 1. The maximum absolute atomic E-state index is 4.62. The van der Waals surface area contributed by atoms with Gasteiger partial charge in [-0.25, -0.2) is 9.97 Å². The van der Waals surface area contributed by atoms with Crippen LogP contribution >= 0.6 is 11.3 Å². The number of aryl methyl sites for hydroxylation is 2. The minimum absolute atomic E-state index is 0.272. The first-order chi connectivity index (χ1) is 10.1. The van der Waals surface area contributed by atoms with Gasteiger partial charge in [-0.05, 0) is 37.5 Å². The molecule has 0 saturated carbocycles. The van der Waals surface area contributed by atoms with E-state index in [-0.39, 0.29) is 5.92 Å². The van der Waals surface area contributed by atoms with Gasteiger partial charge in [0.1, 0.15) is 0 Å². The Morgan fingerprint density at radius 2 is 2.10 bits per heavy atom. The number of hydrogen-bond acceptors (Lipinski definition) is 3. The Labute approximate surface area is 129 Å². The van der Waals surface area contributed by atoms with Gasteiger partial charge in [0.15, 0.2) is 0 Å². The van der Waals surface area contributed by atoms with Gasteiger partial charge < -0.3 is 4.98 Å². The second-order valence-corrected chi connectivity index (χ2v) is 6.47. The van der Waals surface area contributed by atoms with Crippen LogP contribution in [0.2, 0.25) is 0 Å². The van der Waals surface area contributed by atoms with E-state index in [1.807, 2.05) is 6.20 Å². The highest BCUT2D eigenvalue weighted by atomic mass is 32.1. The van der Waals surface area contributed by atoms with Gasteiger partial charge in [0, 0.05) is 29.6 Å². The maximum Gasteiger partial charge on any atom is 0.0921 e. The van der Waals surface area contributed by atoms with E-state index in [0.29, 0.717) is 0 Å². The van der Waals surface area contributed by atoms with Crippen LogP contribution in [0.25, 0.3) is 0 Å². The highest BCUT2D eigenvalue weighted by Crippen LogP contribution is 2.30. The molecule has 1 aromatic carbocycles. The van der Waals surface area contributed by atoms with Crippen LogP contribution in [0.3, 0.4) is 0 Å². The minimum Gasteiger partial charge on any atom is -0.348 e. The molecule has 0 radical (unpaired) electrons. The van der Waals surface area contributed by atoms with Gasteiger partial charge in [-0.1, -0.05) is 18.2 Å². The molecule has 2 aromatic heterocycles. The Balaban J connectivity index is 2.02. The molecule has 3 rings (SSSR count). The third-order valence-electron chi connectivity index (χ3n) is 4.00. The van der Waals surface area contributed by atoms with Crippen LogP contribution in [0.1, 0.15) is 39.0 Å². The number of imidazole rings is 1. The van der Waals surface area contributed by atoms with Crippen LogP contribution in [-0.2, 0) is 6.42 Å². The Bertz CT molecular complexity index is 728. The van der Waals surface area contributed by atoms with Gasteiger partial charge in [0.2, 0.25) is 0 Å². The molecule has 3 nitrogen and oxygen atoms in total. The lowest BCUT2D eigenvalue weighted by molar-refractivity contribution is 0.757. The van der Waals surface area contributed by atoms with Gasteiger partial charge in [-0.15, -0.1) is 11.3 Å². The molecule has 1 N–H and O–H groups in total. The van der Waals surface area contributed by atoms with E-state index < -0.39 is 0 Å². The summed E-state index contributed by atoms with van der Waals surface area (Å²) in [4.78, 5) is 12.1. The van der Waals surface area contributed by atoms with Crippen LogP contribution in [0.15, 0.2) is 36.1 Å². The molecule has 0 aliphatic rings. The van der Waals surface area contributed by atoms with Crippen LogP contribution < -0.4 is 0 Å². The summed E-state index contributed by atoms with van der Waals surface area (Å²) in [6.07, 6.45) is 4.57. The molecule has 21 heavy (non-hydrogen) atoms. The zero-order valence-electron chi connectivity index (χ0n) is 12.6. The molecule has 1 atom stereocenters. The van der Waals surface area contributed by atoms with Crippen molar-refractivity contribution in [1.29, 1.82) is 0 Å².